The van der Waals surface area contributed by atoms with Gasteiger partial charge in [-0.2, -0.15) is 0 Å². The third kappa shape index (κ3) is 3.19. The van der Waals surface area contributed by atoms with Crippen molar-refractivity contribution in [2.24, 2.45) is 0 Å². The van der Waals surface area contributed by atoms with Gasteiger partial charge in [-0.15, -0.1) is 11.3 Å². The van der Waals surface area contributed by atoms with E-state index in [-0.39, 0.29) is 0 Å². The number of rotatable bonds is 2. The Bertz CT molecular complexity index is 584. The van der Waals surface area contributed by atoms with Gasteiger partial charge in [-0.1, -0.05) is 24.5 Å². The maximum atomic E-state index is 9.50. The van der Waals surface area contributed by atoms with Gasteiger partial charge in [-0.05, 0) is 55.3 Å². The van der Waals surface area contributed by atoms with Crippen LogP contribution in [0.2, 0.25) is 0 Å². The number of thiophene rings is 1. The molecule has 0 bridgehead atoms. The van der Waals surface area contributed by atoms with Crippen LogP contribution in [0.5, 0.6) is 5.75 Å². The average Bonchev–Trinajstić information content (AvgIpc) is 2.63. The third-order valence-electron chi connectivity index (χ3n) is 3.89. The molecule has 1 aromatic carbocycles. The van der Waals surface area contributed by atoms with Crippen molar-refractivity contribution in [2.45, 2.75) is 44.9 Å². The van der Waals surface area contributed by atoms with Gasteiger partial charge in [0.05, 0.1) is 0 Å². The van der Waals surface area contributed by atoms with Gasteiger partial charge in [0.15, 0.2) is 0 Å². The molecule has 100 valence electrons. The lowest BCUT2D eigenvalue weighted by atomic mass is 10.1. The van der Waals surface area contributed by atoms with Crippen LogP contribution in [0.1, 0.15) is 43.4 Å². The van der Waals surface area contributed by atoms with Crippen LogP contribution in [0.4, 0.5) is 0 Å². The van der Waals surface area contributed by atoms with E-state index in [2.05, 4.69) is 12.1 Å². The lowest BCUT2D eigenvalue weighted by Crippen LogP contribution is -1.83. The summed E-state index contributed by atoms with van der Waals surface area (Å²) in [6, 6.07) is 7.89. The van der Waals surface area contributed by atoms with Crippen LogP contribution in [-0.4, -0.2) is 5.11 Å². The third-order valence-corrected chi connectivity index (χ3v) is 5.01. The Balaban J connectivity index is 1.75. The van der Waals surface area contributed by atoms with Crippen molar-refractivity contribution in [3.63, 3.8) is 0 Å². The van der Waals surface area contributed by atoms with Gasteiger partial charge >= 0.3 is 0 Å². The molecule has 0 saturated heterocycles. The number of hydrogen-bond donors (Lipinski definition) is 1. The predicted molar refractivity (Wildman–Crippen MR) is 83.0 cm³/mol. The molecule has 1 nitrogen and oxygen atoms in total. The highest BCUT2D eigenvalue weighted by molar-refractivity contribution is 7.19. The first-order valence-corrected chi connectivity index (χ1v) is 8.02. The Morgan fingerprint density at radius 3 is 2.63 bits per heavy atom. The number of allylic oxidation sites excluding steroid dienone is 2. The molecule has 2 aromatic rings. The number of benzene rings is 1. The molecule has 1 heterocycles. The SMILES string of the molecule is Oc1ccc2cc(CC=C3CCCCCC3)sc2c1. The van der Waals surface area contributed by atoms with E-state index >= 15 is 0 Å². The average molecular weight is 272 g/mol. The van der Waals surface area contributed by atoms with Crippen molar-refractivity contribution in [3.05, 3.63) is 40.8 Å². The highest BCUT2D eigenvalue weighted by atomic mass is 32.1. The van der Waals surface area contributed by atoms with Crippen molar-refractivity contribution in [1.82, 2.24) is 0 Å². The molecular weight excluding hydrogens is 252 g/mol. The fourth-order valence-corrected chi connectivity index (χ4v) is 3.87. The van der Waals surface area contributed by atoms with Gasteiger partial charge in [0.1, 0.15) is 5.75 Å². The molecule has 1 fully saturated rings. The first-order valence-electron chi connectivity index (χ1n) is 7.20. The van der Waals surface area contributed by atoms with Gasteiger partial charge in [-0.3, -0.25) is 0 Å². The second kappa shape index (κ2) is 5.79. The molecule has 0 unspecified atom stereocenters. The first kappa shape index (κ1) is 12.7. The van der Waals surface area contributed by atoms with E-state index in [1.807, 2.05) is 12.1 Å². The molecule has 1 N–H and O–H groups in total. The molecule has 2 heteroatoms. The summed E-state index contributed by atoms with van der Waals surface area (Å²) < 4.78 is 1.19. The molecule has 1 aromatic heterocycles. The summed E-state index contributed by atoms with van der Waals surface area (Å²) in [6.45, 7) is 0. The van der Waals surface area contributed by atoms with Gasteiger partial charge in [-0.25, -0.2) is 0 Å². The van der Waals surface area contributed by atoms with Crippen LogP contribution >= 0.6 is 11.3 Å². The Hall–Kier alpha value is -1.28. The maximum absolute atomic E-state index is 9.50. The normalized spacial score (nSPS) is 16.5. The van der Waals surface area contributed by atoms with E-state index in [0.717, 1.165) is 6.42 Å². The smallest absolute Gasteiger partial charge is 0.117 e. The molecule has 3 rings (SSSR count). The zero-order valence-electron chi connectivity index (χ0n) is 11.2. The van der Waals surface area contributed by atoms with Crippen molar-refractivity contribution in [3.8, 4) is 5.75 Å². The minimum Gasteiger partial charge on any atom is -0.508 e. The molecule has 0 amide bonds. The Labute approximate surface area is 118 Å². The number of phenolic OH excluding ortho intramolecular Hbond substituents is 1. The molecule has 1 aliphatic rings. The molecule has 19 heavy (non-hydrogen) atoms. The second-order valence-corrected chi connectivity index (χ2v) is 6.58. The van der Waals surface area contributed by atoms with Gasteiger partial charge in [0, 0.05) is 16.0 Å². The summed E-state index contributed by atoms with van der Waals surface area (Å²) in [7, 11) is 0. The van der Waals surface area contributed by atoms with Crippen molar-refractivity contribution < 1.29 is 5.11 Å². The molecule has 0 aliphatic heterocycles. The van der Waals surface area contributed by atoms with Gasteiger partial charge in [0.2, 0.25) is 0 Å². The standard InChI is InChI=1S/C17H20OS/c18-15-9-8-14-11-16(19-17(14)12-15)10-7-13-5-3-1-2-4-6-13/h7-9,11-12,18H,1-6,10H2. The van der Waals surface area contributed by atoms with E-state index in [4.69, 9.17) is 0 Å². The van der Waals surface area contributed by atoms with Crippen LogP contribution in [0, 0.1) is 0 Å². The summed E-state index contributed by atoms with van der Waals surface area (Å²) in [5, 5.41) is 10.7. The van der Waals surface area contributed by atoms with Crippen LogP contribution in [0.15, 0.2) is 35.9 Å². The number of aromatic hydroxyl groups is 1. The fourth-order valence-electron chi connectivity index (χ4n) is 2.81. The first-order chi connectivity index (χ1) is 9.31. The van der Waals surface area contributed by atoms with E-state index < -0.39 is 0 Å². The zero-order chi connectivity index (χ0) is 13.1. The van der Waals surface area contributed by atoms with Crippen LogP contribution in [-0.2, 0) is 6.42 Å². The van der Waals surface area contributed by atoms with Gasteiger partial charge < -0.3 is 5.11 Å². The topological polar surface area (TPSA) is 20.2 Å². The summed E-state index contributed by atoms with van der Waals surface area (Å²) in [4.78, 5) is 1.40. The summed E-state index contributed by atoms with van der Waals surface area (Å²) >= 11 is 1.80. The van der Waals surface area contributed by atoms with Gasteiger partial charge in [0.25, 0.3) is 0 Å². The lowest BCUT2D eigenvalue weighted by Gasteiger charge is -2.01. The Morgan fingerprint density at radius 2 is 1.84 bits per heavy atom. The van der Waals surface area contributed by atoms with Crippen LogP contribution in [0.3, 0.4) is 0 Å². The minimum atomic E-state index is 0.364. The zero-order valence-corrected chi connectivity index (χ0v) is 12.0. The van der Waals surface area contributed by atoms with Crippen molar-refractivity contribution in [2.75, 3.05) is 0 Å². The molecular formula is C17H20OS. The largest absolute Gasteiger partial charge is 0.508 e. The lowest BCUT2D eigenvalue weighted by molar-refractivity contribution is 0.476. The molecule has 0 spiro atoms. The molecule has 1 aliphatic carbocycles. The molecule has 1 saturated carbocycles. The number of phenols is 1. The van der Waals surface area contributed by atoms with Crippen molar-refractivity contribution >= 4 is 21.4 Å². The van der Waals surface area contributed by atoms with Crippen LogP contribution < -0.4 is 0 Å². The fraction of sp³-hybridized carbons (Fsp3) is 0.412. The predicted octanol–water partition coefficient (Wildman–Crippen LogP) is 5.43. The van der Waals surface area contributed by atoms with E-state index in [1.165, 1.54) is 53.5 Å². The van der Waals surface area contributed by atoms with Crippen LogP contribution in [0.25, 0.3) is 10.1 Å². The second-order valence-electron chi connectivity index (χ2n) is 5.42. The maximum Gasteiger partial charge on any atom is 0.117 e. The van der Waals surface area contributed by atoms with E-state index in [9.17, 15) is 5.11 Å². The monoisotopic (exact) mass is 272 g/mol. The number of hydrogen-bond acceptors (Lipinski definition) is 2. The highest BCUT2D eigenvalue weighted by Crippen LogP contribution is 2.30. The summed E-state index contributed by atoms with van der Waals surface area (Å²) in [6.07, 6.45) is 11.6. The highest BCUT2D eigenvalue weighted by Gasteiger charge is 2.05. The van der Waals surface area contributed by atoms with E-state index in [1.54, 1.807) is 23.0 Å². The van der Waals surface area contributed by atoms with Crippen molar-refractivity contribution in [1.29, 1.82) is 0 Å². The minimum absolute atomic E-state index is 0.364. The summed E-state index contributed by atoms with van der Waals surface area (Å²) in [5.74, 6) is 0.364. The summed E-state index contributed by atoms with van der Waals surface area (Å²) in [5.41, 5.74) is 1.65. The quantitative estimate of drug-likeness (QED) is 0.571. The number of fused-ring (bicyclic) bond motifs is 1. The van der Waals surface area contributed by atoms with E-state index in [0.29, 0.717) is 5.75 Å². The Morgan fingerprint density at radius 1 is 1.05 bits per heavy atom. The Kier molecular flexibility index (Phi) is 3.88. The molecule has 0 radical (unpaired) electrons. The molecule has 0 atom stereocenters.